The number of rotatable bonds is 9. The van der Waals surface area contributed by atoms with Gasteiger partial charge in [0.2, 0.25) is 5.91 Å². The van der Waals surface area contributed by atoms with Crippen LogP contribution >= 0.6 is 12.4 Å². The van der Waals surface area contributed by atoms with Gasteiger partial charge in [-0.25, -0.2) is 14.8 Å². The zero-order valence-electron chi connectivity index (χ0n) is 23.5. The number of aromatic nitrogens is 2. The number of aliphatic hydroxyl groups excluding tert-OH is 1. The Morgan fingerprint density at radius 3 is 2.26 bits per heavy atom. The van der Waals surface area contributed by atoms with Crippen LogP contribution in [0.25, 0.3) is 11.4 Å². The summed E-state index contributed by atoms with van der Waals surface area (Å²) in [6.07, 6.45) is -0.120. The van der Waals surface area contributed by atoms with Gasteiger partial charge in [-0.3, -0.25) is 14.4 Å². The normalized spacial score (nSPS) is 16.3. The van der Waals surface area contributed by atoms with Crippen LogP contribution < -0.4 is 10.2 Å². The molecule has 3 amide bonds. The first kappa shape index (κ1) is 32.5. The first-order valence-corrected chi connectivity index (χ1v) is 13.9. The van der Waals surface area contributed by atoms with E-state index in [-0.39, 0.29) is 69.8 Å². The summed E-state index contributed by atoms with van der Waals surface area (Å²) in [7, 11) is 0. The molecule has 13 nitrogen and oxygen atoms in total. The lowest BCUT2D eigenvalue weighted by atomic mass is 10.1. The summed E-state index contributed by atoms with van der Waals surface area (Å²) < 4.78 is 5.02. The number of halogens is 1. The van der Waals surface area contributed by atoms with Crippen molar-refractivity contribution < 1.29 is 34.1 Å². The predicted octanol–water partition coefficient (Wildman–Crippen LogP) is 1.79. The van der Waals surface area contributed by atoms with E-state index in [2.05, 4.69) is 15.3 Å². The number of nitrogens with one attached hydrogen (secondary N) is 1. The lowest BCUT2D eigenvalue weighted by Gasteiger charge is -2.36. The van der Waals surface area contributed by atoms with E-state index in [0.29, 0.717) is 43.1 Å². The number of piperidine rings is 1. The van der Waals surface area contributed by atoms with Gasteiger partial charge in [-0.2, -0.15) is 0 Å². The third-order valence-electron chi connectivity index (χ3n) is 7.13. The molecule has 3 heterocycles. The number of anilines is 1. The van der Waals surface area contributed by atoms with E-state index in [1.54, 1.807) is 13.0 Å². The van der Waals surface area contributed by atoms with Crippen LogP contribution in [0.5, 0.6) is 0 Å². The molecule has 1 atom stereocenters. The van der Waals surface area contributed by atoms with Gasteiger partial charge in [0, 0.05) is 57.3 Å². The van der Waals surface area contributed by atoms with E-state index in [1.807, 2.05) is 35.2 Å². The van der Waals surface area contributed by atoms with Crippen LogP contribution in [0, 0.1) is 0 Å². The Morgan fingerprint density at radius 2 is 1.64 bits per heavy atom. The summed E-state index contributed by atoms with van der Waals surface area (Å²) in [5.74, 6) is -1.28. The van der Waals surface area contributed by atoms with Crippen molar-refractivity contribution in [2.75, 3.05) is 50.8 Å². The number of nitrogens with zero attached hydrogens (tertiary/aromatic N) is 5. The number of aliphatic carboxylic acids is 1. The number of hydrogen-bond donors (Lipinski definition) is 3. The Labute approximate surface area is 250 Å². The Kier molecular flexibility index (Phi) is 11.9. The third kappa shape index (κ3) is 8.52. The van der Waals surface area contributed by atoms with Gasteiger partial charge >= 0.3 is 12.1 Å². The quantitative estimate of drug-likeness (QED) is 0.384. The van der Waals surface area contributed by atoms with E-state index in [9.17, 15) is 29.4 Å². The Bertz CT molecular complexity index is 1230. The minimum absolute atomic E-state index is 0. The summed E-state index contributed by atoms with van der Waals surface area (Å²) in [4.78, 5) is 64.5. The van der Waals surface area contributed by atoms with Gasteiger partial charge in [0.05, 0.1) is 12.7 Å². The topological polar surface area (TPSA) is 166 Å². The summed E-state index contributed by atoms with van der Waals surface area (Å²) in [6.45, 7) is 4.08. The standard InChI is InChI=1S/C28H36N6O7.ClH/c1-2-41-28(40)34-16-14-33(15-17-34)27(39)21(8-9-24(36)37)30-26(38)22-18-23(32-12-10-20(35)11-13-32)31-25(29-22)19-6-4-3-5-7-19;/h3-7,18,20-21,35H,2,8-17H2,1H3,(H,30,38)(H,36,37);1H. The van der Waals surface area contributed by atoms with E-state index >= 15 is 0 Å². The minimum atomic E-state index is -1.10. The summed E-state index contributed by atoms with van der Waals surface area (Å²) in [5.41, 5.74) is 0.749. The molecule has 4 rings (SSSR count). The number of hydrogen-bond acceptors (Lipinski definition) is 9. The number of benzene rings is 1. The summed E-state index contributed by atoms with van der Waals surface area (Å²) in [5, 5.41) is 21.9. The van der Waals surface area contributed by atoms with Gasteiger partial charge in [-0.15, -0.1) is 12.4 Å². The molecule has 2 saturated heterocycles. The Balaban J connectivity index is 0.00000484. The molecule has 228 valence electrons. The number of aliphatic hydroxyl groups is 1. The van der Waals surface area contributed by atoms with Crippen molar-refractivity contribution in [1.82, 2.24) is 25.1 Å². The molecule has 0 spiro atoms. The van der Waals surface area contributed by atoms with Crippen LogP contribution in [0.2, 0.25) is 0 Å². The van der Waals surface area contributed by atoms with E-state index < -0.39 is 29.9 Å². The largest absolute Gasteiger partial charge is 0.481 e. The molecule has 1 aromatic heterocycles. The van der Waals surface area contributed by atoms with Crippen LogP contribution in [-0.2, 0) is 14.3 Å². The van der Waals surface area contributed by atoms with Crippen LogP contribution in [0.3, 0.4) is 0 Å². The SMILES string of the molecule is CCOC(=O)N1CCN(C(=O)C(CCC(=O)O)NC(=O)c2cc(N3CCC(O)CC3)nc(-c3ccccc3)n2)CC1.Cl. The minimum Gasteiger partial charge on any atom is -0.481 e. The van der Waals surface area contributed by atoms with Crippen molar-refractivity contribution in [2.45, 2.75) is 44.8 Å². The summed E-state index contributed by atoms with van der Waals surface area (Å²) >= 11 is 0. The molecule has 1 aromatic carbocycles. The fraction of sp³-hybridized carbons (Fsp3) is 0.500. The zero-order chi connectivity index (χ0) is 29.4. The van der Waals surface area contributed by atoms with Crippen molar-refractivity contribution in [3.8, 4) is 11.4 Å². The van der Waals surface area contributed by atoms with Gasteiger partial charge < -0.3 is 35.0 Å². The average molecular weight is 605 g/mol. The number of carboxylic acid groups (broad SMARTS) is 1. The smallest absolute Gasteiger partial charge is 0.409 e. The number of amides is 3. The highest BCUT2D eigenvalue weighted by atomic mass is 35.5. The summed E-state index contributed by atoms with van der Waals surface area (Å²) in [6, 6.07) is 9.65. The van der Waals surface area contributed by atoms with Gasteiger partial charge in [0.1, 0.15) is 17.6 Å². The fourth-order valence-corrected chi connectivity index (χ4v) is 4.83. The molecule has 1 unspecified atom stereocenters. The molecule has 0 radical (unpaired) electrons. The first-order chi connectivity index (χ1) is 19.7. The highest BCUT2D eigenvalue weighted by molar-refractivity contribution is 5.97. The van der Waals surface area contributed by atoms with E-state index in [4.69, 9.17) is 4.74 Å². The predicted molar refractivity (Wildman–Crippen MR) is 155 cm³/mol. The molecule has 2 aromatic rings. The third-order valence-corrected chi connectivity index (χ3v) is 7.13. The lowest BCUT2D eigenvalue weighted by Crippen LogP contribution is -2.56. The molecule has 2 fully saturated rings. The zero-order valence-corrected chi connectivity index (χ0v) is 24.3. The highest BCUT2D eigenvalue weighted by Gasteiger charge is 2.31. The van der Waals surface area contributed by atoms with Crippen molar-refractivity contribution in [1.29, 1.82) is 0 Å². The van der Waals surface area contributed by atoms with Crippen molar-refractivity contribution >= 4 is 42.1 Å². The van der Waals surface area contributed by atoms with Crippen LogP contribution in [-0.4, -0.2) is 112 Å². The molecule has 42 heavy (non-hydrogen) atoms. The molecule has 0 bridgehead atoms. The monoisotopic (exact) mass is 604 g/mol. The molecular weight excluding hydrogens is 568 g/mol. The lowest BCUT2D eigenvalue weighted by molar-refractivity contribution is -0.138. The Morgan fingerprint density at radius 1 is 1.00 bits per heavy atom. The van der Waals surface area contributed by atoms with Gasteiger partial charge in [0.15, 0.2) is 5.82 Å². The highest BCUT2D eigenvalue weighted by Crippen LogP contribution is 2.23. The van der Waals surface area contributed by atoms with Gasteiger partial charge in [-0.05, 0) is 26.2 Å². The van der Waals surface area contributed by atoms with E-state index in [1.165, 1.54) is 9.80 Å². The average Bonchev–Trinajstić information content (AvgIpc) is 2.99. The number of piperazine rings is 1. The molecule has 0 saturated carbocycles. The molecule has 2 aliphatic rings. The second-order valence-electron chi connectivity index (χ2n) is 9.99. The molecule has 2 aliphatic heterocycles. The number of carboxylic acids is 1. The maximum atomic E-state index is 13.5. The first-order valence-electron chi connectivity index (χ1n) is 13.9. The fourth-order valence-electron chi connectivity index (χ4n) is 4.83. The van der Waals surface area contributed by atoms with Crippen LogP contribution in [0.4, 0.5) is 10.6 Å². The molecule has 0 aliphatic carbocycles. The van der Waals surface area contributed by atoms with E-state index in [0.717, 1.165) is 0 Å². The second kappa shape index (κ2) is 15.3. The second-order valence-corrected chi connectivity index (χ2v) is 9.99. The van der Waals surface area contributed by atoms with Crippen LogP contribution in [0.1, 0.15) is 43.1 Å². The molecule has 3 N–H and O–H groups in total. The van der Waals surface area contributed by atoms with Crippen molar-refractivity contribution in [3.05, 3.63) is 42.1 Å². The van der Waals surface area contributed by atoms with Crippen molar-refractivity contribution in [3.63, 3.8) is 0 Å². The van der Waals surface area contributed by atoms with Crippen LogP contribution in [0.15, 0.2) is 36.4 Å². The Hall–Kier alpha value is -3.97. The number of ether oxygens (including phenoxy) is 1. The molecular formula is C28H37ClN6O7. The van der Waals surface area contributed by atoms with Gasteiger partial charge in [-0.1, -0.05) is 30.3 Å². The number of carbonyl (C=O) groups excluding carboxylic acids is 3. The maximum Gasteiger partial charge on any atom is 0.409 e. The van der Waals surface area contributed by atoms with Crippen molar-refractivity contribution in [2.24, 2.45) is 0 Å². The van der Waals surface area contributed by atoms with Gasteiger partial charge in [0.25, 0.3) is 5.91 Å². The number of carbonyl (C=O) groups is 4. The molecule has 14 heteroatoms. The maximum absolute atomic E-state index is 13.5.